The first-order valence-electron chi connectivity index (χ1n) is 6.86. The van der Waals surface area contributed by atoms with Gasteiger partial charge in [0.2, 0.25) is 5.91 Å². The fourth-order valence-corrected chi connectivity index (χ4v) is 3.02. The van der Waals surface area contributed by atoms with Crippen LogP contribution in [-0.2, 0) is 4.79 Å². The molecule has 1 aliphatic rings. The van der Waals surface area contributed by atoms with Crippen molar-refractivity contribution >= 4 is 17.7 Å². The largest absolute Gasteiger partial charge is 0.354 e. The van der Waals surface area contributed by atoms with Crippen LogP contribution in [-0.4, -0.2) is 48.0 Å². The van der Waals surface area contributed by atoms with Gasteiger partial charge in [0.1, 0.15) is 0 Å². The summed E-state index contributed by atoms with van der Waals surface area (Å²) in [4.78, 5) is 14.1. The van der Waals surface area contributed by atoms with Crippen molar-refractivity contribution in [1.82, 2.24) is 10.2 Å². The minimum Gasteiger partial charge on any atom is -0.354 e. The summed E-state index contributed by atoms with van der Waals surface area (Å²) in [6, 6.07) is 0.564. The van der Waals surface area contributed by atoms with Crippen molar-refractivity contribution in [3.05, 3.63) is 0 Å². The molecule has 17 heavy (non-hydrogen) atoms. The number of piperidine rings is 1. The molecule has 1 saturated heterocycles. The number of likely N-dealkylation sites (tertiary alicyclic amines) is 1. The second kappa shape index (κ2) is 8.81. The minimum absolute atomic E-state index is 0.199. The molecule has 0 aromatic rings. The van der Waals surface area contributed by atoms with E-state index in [0.29, 0.717) is 11.8 Å². The number of nitrogens with one attached hydrogen (secondary N) is 1. The first-order valence-corrected chi connectivity index (χ1v) is 8.01. The number of hydrogen-bond donors (Lipinski definition) is 1. The first kappa shape index (κ1) is 14.8. The maximum atomic E-state index is 11.6. The highest BCUT2D eigenvalue weighted by Gasteiger charge is 2.20. The number of likely N-dealkylation sites (N-methyl/N-ethyl adjacent to an activating group) is 1. The predicted molar refractivity (Wildman–Crippen MR) is 75.5 cm³/mol. The Morgan fingerprint density at radius 1 is 1.41 bits per heavy atom. The molecule has 100 valence electrons. The number of nitrogens with zero attached hydrogens (tertiary/aromatic N) is 1. The standard InChI is InChI=1S/C13H26N2OS/c1-3-9-17-11-13(16)14-10-12-7-5-6-8-15(12)4-2/h12H,3-11H2,1-2H3,(H,14,16). The lowest BCUT2D eigenvalue weighted by atomic mass is 10.0. The van der Waals surface area contributed by atoms with E-state index in [4.69, 9.17) is 0 Å². The van der Waals surface area contributed by atoms with Crippen molar-refractivity contribution in [2.24, 2.45) is 0 Å². The van der Waals surface area contributed by atoms with Crippen molar-refractivity contribution in [3.8, 4) is 0 Å². The Bertz CT molecular complexity index is 223. The quantitative estimate of drug-likeness (QED) is 0.710. The SMILES string of the molecule is CCCSCC(=O)NCC1CCCCN1CC. The molecular formula is C13H26N2OS. The Labute approximate surface area is 110 Å². The lowest BCUT2D eigenvalue weighted by Crippen LogP contribution is -2.46. The second-order valence-electron chi connectivity index (χ2n) is 4.63. The van der Waals surface area contributed by atoms with E-state index >= 15 is 0 Å². The van der Waals surface area contributed by atoms with E-state index in [0.717, 1.165) is 25.3 Å². The zero-order valence-corrected chi connectivity index (χ0v) is 12.0. The van der Waals surface area contributed by atoms with E-state index in [1.807, 2.05) is 0 Å². The van der Waals surface area contributed by atoms with Gasteiger partial charge in [-0.05, 0) is 38.1 Å². The van der Waals surface area contributed by atoms with Crippen LogP contribution < -0.4 is 5.32 Å². The highest BCUT2D eigenvalue weighted by Crippen LogP contribution is 2.15. The smallest absolute Gasteiger partial charge is 0.230 e. The van der Waals surface area contributed by atoms with Crippen LogP contribution >= 0.6 is 11.8 Å². The van der Waals surface area contributed by atoms with Gasteiger partial charge in [-0.1, -0.05) is 20.3 Å². The normalized spacial score (nSPS) is 21.4. The molecule has 1 aliphatic heterocycles. The Balaban J connectivity index is 2.17. The van der Waals surface area contributed by atoms with Gasteiger partial charge in [-0.3, -0.25) is 9.69 Å². The van der Waals surface area contributed by atoms with E-state index in [9.17, 15) is 4.79 Å². The minimum atomic E-state index is 0.199. The van der Waals surface area contributed by atoms with Crippen LogP contribution in [0.4, 0.5) is 0 Å². The van der Waals surface area contributed by atoms with Crippen molar-refractivity contribution in [2.45, 2.75) is 45.6 Å². The van der Waals surface area contributed by atoms with Crippen LogP contribution in [0.3, 0.4) is 0 Å². The molecule has 1 rings (SSSR count). The third-order valence-electron chi connectivity index (χ3n) is 3.27. The van der Waals surface area contributed by atoms with Crippen molar-refractivity contribution in [1.29, 1.82) is 0 Å². The highest BCUT2D eigenvalue weighted by atomic mass is 32.2. The molecule has 1 fully saturated rings. The molecule has 1 N–H and O–H groups in total. The molecule has 3 nitrogen and oxygen atoms in total. The van der Waals surface area contributed by atoms with Crippen LogP contribution in [0.15, 0.2) is 0 Å². The van der Waals surface area contributed by atoms with Gasteiger partial charge < -0.3 is 5.32 Å². The monoisotopic (exact) mass is 258 g/mol. The van der Waals surface area contributed by atoms with Gasteiger partial charge in [0.05, 0.1) is 5.75 Å². The van der Waals surface area contributed by atoms with Gasteiger partial charge in [-0.15, -0.1) is 0 Å². The summed E-state index contributed by atoms with van der Waals surface area (Å²) in [7, 11) is 0. The number of carbonyl (C=O) groups excluding carboxylic acids is 1. The van der Waals surface area contributed by atoms with Crippen LogP contribution in [0, 0.1) is 0 Å². The van der Waals surface area contributed by atoms with Crippen molar-refractivity contribution in [3.63, 3.8) is 0 Å². The maximum Gasteiger partial charge on any atom is 0.230 e. The molecule has 0 aromatic heterocycles. The van der Waals surface area contributed by atoms with Crippen LogP contribution in [0.25, 0.3) is 0 Å². The summed E-state index contributed by atoms with van der Waals surface area (Å²) < 4.78 is 0. The summed E-state index contributed by atoms with van der Waals surface area (Å²) in [5, 5.41) is 3.07. The average Bonchev–Trinajstić information content (AvgIpc) is 2.37. The molecule has 0 spiro atoms. The Morgan fingerprint density at radius 2 is 2.24 bits per heavy atom. The number of hydrogen-bond acceptors (Lipinski definition) is 3. The second-order valence-corrected chi connectivity index (χ2v) is 5.74. The van der Waals surface area contributed by atoms with Crippen molar-refractivity contribution in [2.75, 3.05) is 31.1 Å². The van der Waals surface area contributed by atoms with Gasteiger partial charge in [0.25, 0.3) is 0 Å². The summed E-state index contributed by atoms with van der Waals surface area (Å²) in [6.45, 7) is 7.48. The van der Waals surface area contributed by atoms with Gasteiger partial charge >= 0.3 is 0 Å². The zero-order valence-electron chi connectivity index (χ0n) is 11.2. The van der Waals surface area contributed by atoms with E-state index < -0.39 is 0 Å². The summed E-state index contributed by atoms with van der Waals surface area (Å²) in [5.41, 5.74) is 0. The van der Waals surface area contributed by atoms with Crippen molar-refractivity contribution < 1.29 is 4.79 Å². The number of carbonyl (C=O) groups is 1. The number of rotatable bonds is 7. The van der Waals surface area contributed by atoms with Gasteiger partial charge in [0, 0.05) is 12.6 Å². The highest BCUT2D eigenvalue weighted by molar-refractivity contribution is 7.99. The summed E-state index contributed by atoms with van der Waals surface area (Å²) >= 11 is 1.73. The first-order chi connectivity index (χ1) is 8.27. The molecule has 1 unspecified atom stereocenters. The molecule has 0 bridgehead atoms. The predicted octanol–water partition coefficient (Wildman–Crippen LogP) is 2.12. The number of thioether (sulfide) groups is 1. The summed E-state index contributed by atoms with van der Waals surface area (Å²) in [6.07, 6.45) is 4.99. The molecule has 4 heteroatoms. The van der Waals surface area contributed by atoms with E-state index in [1.54, 1.807) is 11.8 Å². The van der Waals surface area contributed by atoms with E-state index in [1.165, 1.54) is 25.8 Å². The fourth-order valence-electron chi connectivity index (χ4n) is 2.30. The molecule has 0 aliphatic carbocycles. The molecule has 0 saturated carbocycles. The number of amides is 1. The lowest BCUT2D eigenvalue weighted by molar-refractivity contribution is -0.118. The maximum absolute atomic E-state index is 11.6. The summed E-state index contributed by atoms with van der Waals surface area (Å²) in [5.74, 6) is 1.90. The molecule has 1 heterocycles. The molecule has 0 aromatic carbocycles. The topological polar surface area (TPSA) is 32.3 Å². The molecule has 1 atom stereocenters. The van der Waals surface area contributed by atoms with Gasteiger partial charge in [0.15, 0.2) is 0 Å². The third kappa shape index (κ3) is 5.77. The zero-order chi connectivity index (χ0) is 12.5. The molecule has 0 radical (unpaired) electrons. The van der Waals surface area contributed by atoms with Crippen LogP contribution in [0.2, 0.25) is 0 Å². The fraction of sp³-hybridized carbons (Fsp3) is 0.923. The Hall–Kier alpha value is -0.220. The Morgan fingerprint density at radius 3 is 2.94 bits per heavy atom. The molecule has 1 amide bonds. The van der Waals surface area contributed by atoms with Crippen LogP contribution in [0.1, 0.15) is 39.5 Å². The average molecular weight is 258 g/mol. The lowest BCUT2D eigenvalue weighted by Gasteiger charge is -2.34. The van der Waals surface area contributed by atoms with E-state index in [-0.39, 0.29) is 5.91 Å². The van der Waals surface area contributed by atoms with Gasteiger partial charge in [-0.2, -0.15) is 11.8 Å². The van der Waals surface area contributed by atoms with Gasteiger partial charge in [-0.25, -0.2) is 0 Å². The third-order valence-corrected chi connectivity index (χ3v) is 4.43. The van der Waals surface area contributed by atoms with Crippen LogP contribution in [0.5, 0.6) is 0 Å². The Kier molecular flexibility index (Phi) is 7.69. The van der Waals surface area contributed by atoms with E-state index in [2.05, 4.69) is 24.1 Å². The molecular weight excluding hydrogens is 232 g/mol.